The van der Waals surface area contributed by atoms with Gasteiger partial charge in [0.2, 0.25) is 0 Å². The van der Waals surface area contributed by atoms with Crippen molar-refractivity contribution in [1.29, 1.82) is 0 Å². The van der Waals surface area contributed by atoms with Crippen molar-refractivity contribution in [2.75, 3.05) is 26.2 Å². The van der Waals surface area contributed by atoms with Crippen LogP contribution in [0.3, 0.4) is 0 Å². The van der Waals surface area contributed by atoms with Crippen molar-refractivity contribution in [2.24, 2.45) is 5.92 Å². The molecule has 0 unspecified atom stereocenters. The Bertz CT molecular complexity index is 287. The molecule has 0 bridgehead atoms. The van der Waals surface area contributed by atoms with Crippen LogP contribution in [0.2, 0.25) is 0 Å². The number of carbonyl (C=O) groups excluding carboxylic acids is 1. The van der Waals surface area contributed by atoms with Crippen LogP contribution in [0.25, 0.3) is 0 Å². The van der Waals surface area contributed by atoms with Gasteiger partial charge in [-0.1, -0.05) is 13.8 Å². The van der Waals surface area contributed by atoms with E-state index in [-0.39, 0.29) is 24.3 Å². The number of urea groups is 1. The second-order valence-corrected chi connectivity index (χ2v) is 5.92. The van der Waals surface area contributed by atoms with Gasteiger partial charge in [-0.3, -0.25) is 0 Å². The van der Waals surface area contributed by atoms with Crippen molar-refractivity contribution in [3.8, 4) is 0 Å². The molecule has 0 aliphatic carbocycles. The summed E-state index contributed by atoms with van der Waals surface area (Å²) in [5, 5.41) is 2.99. The summed E-state index contributed by atoms with van der Waals surface area (Å²) in [4.78, 5) is 14.0. The molecule has 1 N–H and O–H groups in total. The van der Waals surface area contributed by atoms with Crippen LogP contribution in [-0.4, -0.2) is 55.5 Å². The van der Waals surface area contributed by atoms with Gasteiger partial charge in [0.1, 0.15) is 0 Å². The van der Waals surface area contributed by atoms with Crippen molar-refractivity contribution in [3.05, 3.63) is 0 Å². The highest BCUT2D eigenvalue weighted by Gasteiger charge is 2.25. The lowest BCUT2D eigenvalue weighted by Crippen LogP contribution is -2.52. The molecule has 5 nitrogen and oxygen atoms in total. The molecule has 1 rings (SSSR count). The maximum Gasteiger partial charge on any atom is 0.317 e. The van der Waals surface area contributed by atoms with Crippen molar-refractivity contribution in [3.63, 3.8) is 0 Å². The summed E-state index contributed by atoms with van der Waals surface area (Å²) in [5.41, 5.74) is 0. The third-order valence-electron chi connectivity index (χ3n) is 3.54. The van der Waals surface area contributed by atoms with E-state index in [1.54, 1.807) is 0 Å². The van der Waals surface area contributed by atoms with Crippen LogP contribution in [-0.2, 0) is 9.47 Å². The Balaban J connectivity index is 2.31. The van der Waals surface area contributed by atoms with Gasteiger partial charge in [-0.2, -0.15) is 0 Å². The van der Waals surface area contributed by atoms with E-state index in [9.17, 15) is 4.79 Å². The fraction of sp³-hybridized carbons (Fsp3) is 0.933. The number of ether oxygens (including phenoxy) is 2. The zero-order chi connectivity index (χ0) is 15.1. The lowest BCUT2D eigenvalue weighted by atomic mass is 10.0. The summed E-state index contributed by atoms with van der Waals surface area (Å²) in [7, 11) is 0. The van der Waals surface area contributed by atoms with Crippen molar-refractivity contribution < 1.29 is 14.3 Å². The molecule has 2 amide bonds. The second-order valence-electron chi connectivity index (χ2n) is 5.92. The van der Waals surface area contributed by atoms with E-state index >= 15 is 0 Å². The summed E-state index contributed by atoms with van der Waals surface area (Å²) in [5.74, 6) is 0.468. The van der Waals surface area contributed by atoms with E-state index in [0.717, 1.165) is 13.0 Å². The van der Waals surface area contributed by atoms with Gasteiger partial charge in [0.15, 0.2) is 0 Å². The molecule has 1 aliphatic rings. The highest BCUT2D eigenvalue weighted by molar-refractivity contribution is 5.74. The quantitative estimate of drug-likeness (QED) is 0.815. The zero-order valence-electron chi connectivity index (χ0n) is 13.5. The lowest BCUT2D eigenvalue weighted by molar-refractivity contribution is -0.0546. The molecule has 5 heteroatoms. The number of hydrogen-bond acceptors (Lipinski definition) is 3. The van der Waals surface area contributed by atoms with E-state index in [2.05, 4.69) is 19.2 Å². The molecular weight excluding hydrogens is 256 g/mol. The maximum atomic E-state index is 12.1. The number of amides is 2. The summed E-state index contributed by atoms with van der Waals surface area (Å²) in [6.45, 7) is 13.0. The number of morpholine rings is 1. The standard InChI is InChI=1S/C15H30N2O3/c1-6-19-14(11(2)3)7-8-16-15(18)17-9-12(4)20-13(5)10-17/h11-14H,6-10H2,1-5H3,(H,16,18)/t12-,13+,14-/m0/s1. The third kappa shape index (κ3) is 5.67. The number of hydrogen-bond donors (Lipinski definition) is 1. The number of rotatable bonds is 6. The van der Waals surface area contributed by atoms with Gasteiger partial charge < -0.3 is 19.7 Å². The Kier molecular flexibility index (Phi) is 7.30. The van der Waals surface area contributed by atoms with E-state index in [1.807, 2.05) is 25.7 Å². The molecule has 1 aliphatic heterocycles. The van der Waals surface area contributed by atoms with Gasteiger partial charge in [0.05, 0.1) is 18.3 Å². The van der Waals surface area contributed by atoms with Crippen molar-refractivity contribution >= 4 is 6.03 Å². The van der Waals surface area contributed by atoms with E-state index in [0.29, 0.717) is 25.6 Å². The van der Waals surface area contributed by atoms with Crippen LogP contribution in [0.5, 0.6) is 0 Å². The molecule has 1 saturated heterocycles. The molecule has 0 saturated carbocycles. The fourth-order valence-corrected chi connectivity index (χ4v) is 2.60. The minimum absolute atomic E-state index is 0.00556. The summed E-state index contributed by atoms with van der Waals surface area (Å²) >= 11 is 0. The predicted octanol–water partition coefficient (Wildman–Crippen LogP) is 2.26. The summed E-state index contributed by atoms with van der Waals surface area (Å²) in [6.07, 6.45) is 1.28. The monoisotopic (exact) mass is 286 g/mol. The Morgan fingerprint density at radius 3 is 2.45 bits per heavy atom. The number of nitrogens with zero attached hydrogens (tertiary/aromatic N) is 1. The van der Waals surface area contributed by atoms with Gasteiger partial charge in [-0.15, -0.1) is 0 Å². The summed E-state index contributed by atoms with van der Waals surface area (Å²) in [6, 6.07) is 0.00556. The fourth-order valence-electron chi connectivity index (χ4n) is 2.60. The zero-order valence-corrected chi connectivity index (χ0v) is 13.5. The predicted molar refractivity (Wildman–Crippen MR) is 79.8 cm³/mol. The average Bonchev–Trinajstić information content (AvgIpc) is 2.36. The molecule has 0 aromatic heterocycles. The van der Waals surface area contributed by atoms with Gasteiger partial charge in [0, 0.05) is 26.2 Å². The topological polar surface area (TPSA) is 50.8 Å². The number of nitrogens with one attached hydrogen (secondary N) is 1. The first kappa shape index (κ1) is 17.2. The lowest BCUT2D eigenvalue weighted by Gasteiger charge is -2.35. The molecule has 1 heterocycles. The first-order valence-electron chi connectivity index (χ1n) is 7.73. The molecule has 0 aromatic rings. The van der Waals surface area contributed by atoms with Crippen LogP contribution in [0.1, 0.15) is 41.0 Å². The Morgan fingerprint density at radius 2 is 1.95 bits per heavy atom. The van der Waals surface area contributed by atoms with E-state index in [4.69, 9.17) is 9.47 Å². The molecular formula is C15H30N2O3. The third-order valence-corrected chi connectivity index (χ3v) is 3.54. The minimum Gasteiger partial charge on any atom is -0.378 e. The molecule has 0 aromatic carbocycles. The minimum atomic E-state index is 0.00556. The van der Waals surface area contributed by atoms with E-state index < -0.39 is 0 Å². The molecule has 20 heavy (non-hydrogen) atoms. The van der Waals surface area contributed by atoms with Gasteiger partial charge in [-0.25, -0.2) is 4.79 Å². The Morgan fingerprint density at radius 1 is 1.35 bits per heavy atom. The summed E-state index contributed by atoms with van der Waals surface area (Å²) < 4.78 is 11.3. The smallest absolute Gasteiger partial charge is 0.317 e. The van der Waals surface area contributed by atoms with E-state index in [1.165, 1.54) is 0 Å². The molecule has 0 radical (unpaired) electrons. The normalized spacial score (nSPS) is 24.8. The van der Waals surface area contributed by atoms with Crippen LogP contribution in [0.15, 0.2) is 0 Å². The van der Waals surface area contributed by atoms with Crippen molar-refractivity contribution in [1.82, 2.24) is 10.2 Å². The van der Waals surface area contributed by atoms with Crippen LogP contribution >= 0.6 is 0 Å². The van der Waals surface area contributed by atoms with Gasteiger partial charge in [0.25, 0.3) is 0 Å². The van der Waals surface area contributed by atoms with Gasteiger partial charge >= 0.3 is 6.03 Å². The molecule has 3 atom stereocenters. The van der Waals surface area contributed by atoms with Crippen molar-refractivity contribution in [2.45, 2.75) is 59.4 Å². The van der Waals surface area contributed by atoms with Crippen LogP contribution in [0, 0.1) is 5.92 Å². The largest absolute Gasteiger partial charge is 0.378 e. The second kappa shape index (κ2) is 8.47. The van der Waals surface area contributed by atoms with Crippen LogP contribution < -0.4 is 5.32 Å². The first-order valence-corrected chi connectivity index (χ1v) is 7.73. The van der Waals surface area contributed by atoms with Crippen LogP contribution in [0.4, 0.5) is 4.79 Å². The Labute approximate surface area is 123 Å². The maximum absolute atomic E-state index is 12.1. The number of carbonyl (C=O) groups is 1. The average molecular weight is 286 g/mol. The molecule has 118 valence electrons. The Hall–Kier alpha value is -0.810. The molecule has 0 spiro atoms. The SMILES string of the molecule is CCO[C@@H](CCNC(=O)N1C[C@@H](C)O[C@@H](C)C1)C(C)C. The van der Waals surface area contributed by atoms with Gasteiger partial charge in [-0.05, 0) is 33.1 Å². The first-order chi connectivity index (χ1) is 9.43. The highest BCUT2D eigenvalue weighted by atomic mass is 16.5. The molecule has 1 fully saturated rings. The highest BCUT2D eigenvalue weighted by Crippen LogP contribution is 2.12.